The van der Waals surface area contributed by atoms with E-state index in [2.05, 4.69) is 22.2 Å². The van der Waals surface area contributed by atoms with Crippen molar-refractivity contribution in [2.75, 3.05) is 32.8 Å². The van der Waals surface area contributed by atoms with Gasteiger partial charge in [0.05, 0.1) is 23.2 Å². The van der Waals surface area contributed by atoms with E-state index in [1.54, 1.807) is 11.3 Å². The third kappa shape index (κ3) is 7.25. The number of ether oxygens (including phenoxy) is 1. The van der Waals surface area contributed by atoms with Crippen molar-refractivity contribution in [3.63, 3.8) is 0 Å². The standard InChI is InChI=1S/C14H25ClN2OS/c1-3-17(9-10-18-4-2)8-6-5-7-14-16-13(11-15)12-19-14/h12H,3-11H2,1-2H3. The number of hydrogen-bond acceptors (Lipinski definition) is 4. The minimum absolute atomic E-state index is 0.525. The monoisotopic (exact) mass is 304 g/mol. The Morgan fingerprint density at radius 3 is 2.79 bits per heavy atom. The van der Waals surface area contributed by atoms with E-state index >= 15 is 0 Å². The first-order valence-corrected chi connectivity index (χ1v) is 8.50. The van der Waals surface area contributed by atoms with Crippen LogP contribution < -0.4 is 0 Å². The normalized spacial score (nSPS) is 11.4. The Kier molecular flexibility index (Phi) is 9.43. The van der Waals surface area contributed by atoms with Crippen molar-refractivity contribution in [2.24, 2.45) is 0 Å². The van der Waals surface area contributed by atoms with Gasteiger partial charge in [0, 0.05) is 18.5 Å². The first kappa shape index (κ1) is 16.9. The second-order valence-electron chi connectivity index (χ2n) is 4.45. The number of rotatable bonds is 11. The molecule has 0 N–H and O–H groups in total. The molecule has 1 aromatic heterocycles. The maximum atomic E-state index is 5.75. The zero-order valence-corrected chi connectivity index (χ0v) is 13.6. The number of unbranched alkanes of at least 4 members (excludes halogenated alkanes) is 1. The lowest BCUT2D eigenvalue weighted by Gasteiger charge is -2.19. The van der Waals surface area contributed by atoms with Gasteiger partial charge in [-0.05, 0) is 39.3 Å². The molecule has 0 radical (unpaired) electrons. The van der Waals surface area contributed by atoms with Crippen LogP contribution in [0, 0.1) is 0 Å². The summed E-state index contributed by atoms with van der Waals surface area (Å²) in [5.74, 6) is 0.525. The first-order chi connectivity index (χ1) is 9.30. The van der Waals surface area contributed by atoms with Crippen molar-refractivity contribution < 1.29 is 4.74 Å². The van der Waals surface area contributed by atoms with E-state index in [-0.39, 0.29) is 0 Å². The summed E-state index contributed by atoms with van der Waals surface area (Å²) in [5, 5.41) is 3.27. The van der Waals surface area contributed by atoms with E-state index in [0.29, 0.717) is 5.88 Å². The van der Waals surface area contributed by atoms with Crippen LogP contribution in [0.4, 0.5) is 0 Å². The van der Waals surface area contributed by atoms with Crippen LogP contribution in [0.3, 0.4) is 0 Å². The number of halogens is 1. The maximum absolute atomic E-state index is 5.75. The van der Waals surface area contributed by atoms with Gasteiger partial charge in [0.25, 0.3) is 0 Å². The van der Waals surface area contributed by atoms with Crippen LogP contribution in [0.2, 0.25) is 0 Å². The molecular weight excluding hydrogens is 280 g/mol. The Hall–Kier alpha value is -0.160. The van der Waals surface area contributed by atoms with Gasteiger partial charge in [-0.25, -0.2) is 4.98 Å². The van der Waals surface area contributed by atoms with E-state index in [1.807, 2.05) is 6.92 Å². The van der Waals surface area contributed by atoms with Gasteiger partial charge in [-0.3, -0.25) is 0 Å². The average molecular weight is 305 g/mol. The minimum atomic E-state index is 0.525. The molecule has 0 fully saturated rings. The number of thiazole rings is 1. The third-order valence-corrected chi connectivity index (χ3v) is 4.29. The Labute approximate surface area is 125 Å². The molecule has 0 spiro atoms. The van der Waals surface area contributed by atoms with Crippen molar-refractivity contribution in [1.82, 2.24) is 9.88 Å². The van der Waals surface area contributed by atoms with Crippen LogP contribution in [-0.2, 0) is 17.0 Å². The van der Waals surface area contributed by atoms with Crippen molar-refractivity contribution >= 4 is 22.9 Å². The molecule has 0 unspecified atom stereocenters. The molecule has 1 heterocycles. The predicted octanol–water partition coefficient (Wildman–Crippen LogP) is 3.56. The Bertz CT molecular complexity index is 333. The molecule has 1 aromatic rings. The summed E-state index contributed by atoms with van der Waals surface area (Å²) in [5.41, 5.74) is 1.01. The number of aromatic nitrogens is 1. The molecule has 110 valence electrons. The van der Waals surface area contributed by atoms with E-state index in [0.717, 1.165) is 45.0 Å². The van der Waals surface area contributed by atoms with Gasteiger partial charge in [-0.1, -0.05) is 6.92 Å². The van der Waals surface area contributed by atoms with Crippen LogP contribution in [0.1, 0.15) is 37.4 Å². The highest BCUT2D eigenvalue weighted by atomic mass is 35.5. The number of aryl methyl sites for hydroxylation is 1. The summed E-state index contributed by atoms with van der Waals surface area (Å²) in [7, 11) is 0. The quantitative estimate of drug-likeness (QED) is 0.462. The highest BCUT2D eigenvalue weighted by molar-refractivity contribution is 7.09. The molecule has 1 rings (SSSR count). The highest BCUT2D eigenvalue weighted by Gasteiger charge is 2.04. The van der Waals surface area contributed by atoms with Gasteiger partial charge in [0.2, 0.25) is 0 Å². The Morgan fingerprint density at radius 1 is 1.32 bits per heavy atom. The van der Waals surface area contributed by atoms with E-state index < -0.39 is 0 Å². The van der Waals surface area contributed by atoms with E-state index in [1.165, 1.54) is 17.8 Å². The predicted molar refractivity (Wildman–Crippen MR) is 83.2 cm³/mol. The second kappa shape index (κ2) is 10.6. The van der Waals surface area contributed by atoms with E-state index in [4.69, 9.17) is 16.3 Å². The summed E-state index contributed by atoms with van der Waals surface area (Å²) < 4.78 is 5.39. The number of hydrogen-bond donors (Lipinski definition) is 0. The Balaban J connectivity index is 2.11. The third-order valence-electron chi connectivity index (χ3n) is 3.05. The van der Waals surface area contributed by atoms with Gasteiger partial charge < -0.3 is 9.64 Å². The topological polar surface area (TPSA) is 25.4 Å². The summed E-state index contributed by atoms with van der Waals surface area (Å²) in [6.45, 7) is 9.19. The summed E-state index contributed by atoms with van der Waals surface area (Å²) in [6.07, 6.45) is 3.49. The largest absolute Gasteiger partial charge is 0.380 e. The van der Waals surface area contributed by atoms with Gasteiger partial charge in [0.1, 0.15) is 0 Å². The van der Waals surface area contributed by atoms with Crippen molar-refractivity contribution in [3.8, 4) is 0 Å². The molecule has 0 saturated heterocycles. The van der Waals surface area contributed by atoms with Gasteiger partial charge in [-0.2, -0.15) is 0 Å². The average Bonchev–Trinajstić information content (AvgIpc) is 2.89. The molecule has 3 nitrogen and oxygen atoms in total. The highest BCUT2D eigenvalue weighted by Crippen LogP contribution is 2.14. The molecular formula is C14H25ClN2OS. The van der Waals surface area contributed by atoms with Crippen molar-refractivity contribution in [1.29, 1.82) is 0 Å². The van der Waals surface area contributed by atoms with Gasteiger partial charge in [0.15, 0.2) is 0 Å². The lowest BCUT2D eigenvalue weighted by molar-refractivity contribution is 0.114. The van der Waals surface area contributed by atoms with E-state index in [9.17, 15) is 0 Å². The molecule has 0 aliphatic heterocycles. The van der Waals surface area contributed by atoms with Crippen LogP contribution in [0.25, 0.3) is 0 Å². The molecule has 0 aliphatic rings. The minimum Gasteiger partial charge on any atom is -0.380 e. The number of alkyl halides is 1. The zero-order valence-electron chi connectivity index (χ0n) is 12.0. The Morgan fingerprint density at radius 2 is 2.16 bits per heavy atom. The molecule has 0 aromatic carbocycles. The molecule has 0 atom stereocenters. The molecule has 0 amide bonds. The van der Waals surface area contributed by atoms with Crippen LogP contribution >= 0.6 is 22.9 Å². The van der Waals surface area contributed by atoms with Crippen LogP contribution in [0.15, 0.2) is 5.38 Å². The summed E-state index contributed by atoms with van der Waals surface area (Å²) >= 11 is 7.47. The molecule has 0 bridgehead atoms. The number of nitrogens with zero attached hydrogens (tertiary/aromatic N) is 2. The fourth-order valence-corrected chi connectivity index (χ4v) is 2.97. The molecule has 0 aliphatic carbocycles. The van der Waals surface area contributed by atoms with Crippen molar-refractivity contribution in [3.05, 3.63) is 16.1 Å². The van der Waals surface area contributed by atoms with Crippen LogP contribution in [0.5, 0.6) is 0 Å². The maximum Gasteiger partial charge on any atom is 0.0928 e. The zero-order chi connectivity index (χ0) is 13.9. The summed E-state index contributed by atoms with van der Waals surface area (Å²) in [4.78, 5) is 6.93. The summed E-state index contributed by atoms with van der Waals surface area (Å²) in [6, 6.07) is 0. The fraction of sp³-hybridized carbons (Fsp3) is 0.786. The lowest BCUT2D eigenvalue weighted by atomic mass is 10.2. The SMILES string of the molecule is CCOCCN(CC)CCCCc1nc(CCl)cs1. The molecule has 19 heavy (non-hydrogen) atoms. The molecule has 0 saturated carbocycles. The molecule has 5 heteroatoms. The fourth-order valence-electron chi connectivity index (χ4n) is 1.90. The second-order valence-corrected chi connectivity index (χ2v) is 5.66. The number of likely N-dealkylation sites (N-methyl/N-ethyl adjacent to an activating group) is 1. The first-order valence-electron chi connectivity index (χ1n) is 7.09. The van der Waals surface area contributed by atoms with Gasteiger partial charge >= 0.3 is 0 Å². The van der Waals surface area contributed by atoms with Gasteiger partial charge in [-0.15, -0.1) is 22.9 Å². The lowest BCUT2D eigenvalue weighted by Crippen LogP contribution is -2.28. The van der Waals surface area contributed by atoms with Crippen molar-refractivity contribution in [2.45, 2.75) is 39.0 Å². The smallest absolute Gasteiger partial charge is 0.0928 e. The van der Waals surface area contributed by atoms with Crippen LogP contribution in [-0.4, -0.2) is 42.7 Å².